The van der Waals surface area contributed by atoms with E-state index >= 15 is 0 Å². The lowest BCUT2D eigenvalue weighted by molar-refractivity contribution is 0.188. The maximum atomic E-state index is 11.2. The number of nitrogens with two attached hydrogens (primary N) is 1. The molecule has 0 radical (unpaired) electrons. The molecule has 2 heterocycles. The first kappa shape index (κ1) is 18.2. The van der Waals surface area contributed by atoms with Crippen molar-refractivity contribution >= 4 is 12.0 Å². The van der Waals surface area contributed by atoms with Crippen LogP contribution in [0.15, 0.2) is 27.8 Å². The zero-order valence-corrected chi connectivity index (χ0v) is 14.6. The average molecular weight is 335 g/mol. The van der Waals surface area contributed by atoms with Crippen LogP contribution in [-0.4, -0.2) is 49.1 Å². The number of nitrogens with zero attached hydrogens (tertiary/aromatic N) is 2. The van der Waals surface area contributed by atoms with Crippen molar-refractivity contribution in [3.8, 4) is 0 Å². The van der Waals surface area contributed by atoms with Crippen LogP contribution in [0.3, 0.4) is 0 Å². The van der Waals surface area contributed by atoms with Gasteiger partial charge in [0.1, 0.15) is 5.76 Å². The molecule has 2 amide bonds. The van der Waals surface area contributed by atoms with Crippen molar-refractivity contribution in [3.63, 3.8) is 0 Å². The summed E-state index contributed by atoms with van der Waals surface area (Å²) in [4.78, 5) is 17.5. The molecule has 0 aliphatic carbocycles. The minimum Gasteiger partial charge on any atom is -0.469 e. The van der Waals surface area contributed by atoms with E-state index in [1.807, 2.05) is 12.1 Å². The Balaban J connectivity index is 1.82. The van der Waals surface area contributed by atoms with Gasteiger partial charge in [0.05, 0.1) is 6.26 Å². The second kappa shape index (κ2) is 9.20. The van der Waals surface area contributed by atoms with Crippen LogP contribution in [0.5, 0.6) is 0 Å². The molecule has 0 aromatic carbocycles. The van der Waals surface area contributed by atoms with Crippen LogP contribution >= 0.6 is 0 Å². The van der Waals surface area contributed by atoms with Gasteiger partial charge in [-0.2, -0.15) is 0 Å². The number of urea groups is 1. The van der Waals surface area contributed by atoms with Gasteiger partial charge in [-0.1, -0.05) is 13.8 Å². The molecule has 0 unspecified atom stereocenters. The fraction of sp³-hybridized carbons (Fsp3) is 0.647. The molecule has 2 rings (SSSR count). The van der Waals surface area contributed by atoms with E-state index < -0.39 is 0 Å². The summed E-state index contributed by atoms with van der Waals surface area (Å²) in [7, 11) is 0. The quantitative estimate of drug-likeness (QED) is 0.543. The molecule has 1 aromatic heterocycles. The number of piperidine rings is 1. The molecule has 0 saturated carbocycles. The minimum atomic E-state index is -0.335. The number of likely N-dealkylation sites (tertiary alicyclic amines) is 1. The summed E-state index contributed by atoms with van der Waals surface area (Å²) < 4.78 is 5.35. The average Bonchev–Trinajstić information content (AvgIpc) is 3.06. The highest BCUT2D eigenvalue weighted by atomic mass is 16.3. The monoisotopic (exact) mass is 335 g/mol. The summed E-state index contributed by atoms with van der Waals surface area (Å²) >= 11 is 0. The first-order chi connectivity index (χ1) is 11.5. The van der Waals surface area contributed by atoms with Crippen molar-refractivity contribution in [2.75, 3.05) is 26.2 Å². The zero-order valence-electron chi connectivity index (χ0n) is 14.6. The van der Waals surface area contributed by atoms with Crippen LogP contribution in [0, 0.1) is 5.92 Å². The van der Waals surface area contributed by atoms with E-state index in [0.717, 1.165) is 44.1 Å². The number of primary amides is 1. The van der Waals surface area contributed by atoms with E-state index in [0.29, 0.717) is 25.0 Å². The van der Waals surface area contributed by atoms with Gasteiger partial charge in [-0.3, -0.25) is 4.99 Å². The van der Waals surface area contributed by atoms with E-state index in [9.17, 15) is 4.79 Å². The van der Waals surface area contributed by atoms with E-state index in [2.05, 4.69) is 29.5 Å². The van der Waals surface area contributed by atoms with Gasteiger partial charge in [-0.05, 0) is 30.9 Å². The minimum absolute atomic E-state index is 0.308. The summed E-state index contributed by atoms with van der Waals surface area (Å²) in [6, 6.07) is 3.84. The van der Waals surface area contributed by atoms with Crippen molar-refractivity contribution in [2.24, 2.45) is 16.6 Å². The first-order valence-electron chi connectivity index (χ1n) is 8.66. The summed E-state index contributed by atoms with van der Waals surface area (Å²) in [6.45, 7) is 7.21. The van der Waals surface area contributed by atoms with Crippen LogP contribution < -0.4 is 16.4 Å². The van der Waals surface area contributed by atoms with Gasteiger partial charge in [-0.25, -0.2) is 4.79 Å². The molecule has 1 saturated heterocycles. The summed E-state index contributed by atoms with van der Waals surface area (Å²) in [5, 5.41) is 6.85. The van der Waals surface area contributed by atoms with E-state index in [-0.39, 0.29) is 6.03 Å². The number of amides is 2. The van der Waals surface area contributed by atoms with Gasteiger partial charge in [0.15, 0.2) is 5.96 Å². The topological polar surface area (TPSA) is 95.9 Å². The Labute approximate surface area is 143 Å². The van der Waals surface area contributed by atoms with Crippen LogP contribution in [0.1, 0.15) is 32.4 Å². The number of nitrogens with one attached hydrogen (secondary N) is 2. The number of hydrogen-bond donors (Lipinski definition) is 3. The van der Waals surface area contributed by atoms with Crippen molar-refractivity contribution in [2.45, 2.75) is 39.2 Å². The van der Waals surface area contributed by atoms with Crippen molar-refractivity contribution < 1.29 is 9.21 Å². The molecular weight excluding hydrogens is 306 g/mol. The predicted octanol–water partition coefficient (Wildman–Crippen LogP) is 1.56. The highest BCUT2D eigenvalue weighted by Crippen LogP contribution is 2.10. The van der Waals surface area contributed by atoms with Gasteiger partial charge >= 0.3 is 6.03 Å². The fourth-order valence-corrected chi connectivity index (χ4v) is 2.62. The lowest BCUT2D eigenvalue weighted by atomic mass is 10.1. The highest BCUT2D eigenvalue weighted by Gasteiger charge is 2.21. The number of carbonyl (C=O) groups is 1. The Morgan fingerprint density at radius 2 is 2.21 bits per heavy atom. The number of hydrogen-bond acceptors (Lipinski definition) is 3. The number of rotatable bonds is 6. The smallest absolute Gasteiger partial charge is 0.314 e. The molecule has 1 aliphatic heterocycles. The second-order valence-corrected chi connectivity index (χ2v) is 6.58. The molecule has 134 valence electrons. The molecule has 0 atom stereocenters. The molecule has 1 aromatic rings. The molecule has 24 heavy (non-hydrogen) atoms. The number of furan rings is 1. The molecule has 1 aliphatic rings. The van der Waals surface area contributed by atoms with E-state index in [1.165, 1.54) is 0 Å². The van der Waals surface area contributed by atoms with Gasteiger partial charge in [-0.15, -0.1) is 0 Å². The first-order valence-corrected chi connectivity index (χ1v) is 8.66. The summed E-state index contributed by atoms with van der Waals surface area (Å²) in [6.07, 6.45) is 4.26. The highest BCUT2D eigenvalue weighted by molar-refractivity contribution is 5.80. The fourth-order valence-electron chi connectivity index (χ4n) is 2.62. The Morgan fingerprint density at radius 1 is 1.46 bits per heavy atom. The Bertz CT molecular complexity index is 519. The Kier molecular flexibility index (Phi) is 6.96. The Hall–Kier alpha value is -2.18. The predicted molar refractivity (Wildman–Crippen MR) is 94.9 cm³/mol. The third kappa shape index (κ3) is 6.14. The molecule has 4 N–H and O–H groups in total. The molecule has 7 nitrogen and oxygen atoms in total. The van der Waals surface area contributed by atoms with Crippen molar-refractivity contribution in [1.29, 1.82) is 0 Å². The lowest BCUT2D eigenvalue weighted by Gasteiger charge is -2.32. The molecule has 1 fully saturated rings. The maximum absolute atomic E-state index is 11.2. The van der Waals surface area contributed by atoms with Gasteiger partial charge < -0.3 is 25.7 Å². The molecule has 7 heteroatoms. The lowest BCUT2D eigenvalue weighted by Crippen LogP contribution is -2.51. The van der Waals surface area contributed by atoms with Gasteiger partial charge in [0.25, 0.3) is 0 Å². The SMILES string of the molecule is CC(C)CN=C(NCCc1ccco1)NC1CCN(C(N)=O)CC1. The van der Waals surface area contributed by atoms with Crippen LogP contribution in [0.25, 0.3) is 0 Å². The van der Waals surface area contributed by atoms with Crippen molar-refractivity contribution in [3.05, 3.63) is 24.2 Å². The second-order valence-electron chi connectivity index (χ2n) is 6.58. The number of guanidine groups is 1. The zero-order chi connectivity index (χ0) is 17.4. The number of aliphatic imine (C=N–C) groups is 1. The Morgan fingerprint density at radius 3 is 2.79 bits per heavy atom. The molecular formula is C17H29N5O2. The van der Waals surface area contributed by atoms with Gasteiger partial charge in [0, 0.05) is 38.6 Å². The standard InChI is InChI=1S/C17H29N5O2/c1-13(2)12-20-17(19-8-5-15-4-3-11-24-15)21-14-6-9-22(10-7-14)16(18)23/h3-4,11,13-14H,5-10,12H2,1-2H3,(H2,18,23)(H2,19,20,21). The molecule has 0 bridgehead atoms. The van der Waals surface area contributed by atoms with Crippen LogP contribution in [-0.2, 0) is 6.42 Å². The third-order valence-electron chi connectivity index (χ3n) is 4.01. The van der Waals surface area contributed by atoms with Gasteiger partial charge in [0.2, 0.25) is 0 Å². The van der Waals surface area contributed by atoms with Crippen LogP contribution in [0.2, 0.25) is 0 Å². The summed E-state index contributed by atoms with van der Waals surface area (Å²) in [5.41, 5.74) is 5.33. The van der Waals surface area contributed by atoms with Crippen LogP contribution in [0.4, 0.5) is 4.79 Å². The number of carbonyl (C=O) groups excluding carboxylic acids is 1. The normalized spacial score (nSPS) is 16.5. The summed E-state index contributed by atoms with van der Waals surface area (Å²) in [5.74, 6) is 2.29. The maximum Gasteiger partial charge on any atom is 0.314 e. The molecule has 0 spiro atoms. The third-order valence-corrected chi connectivity index (χ3v) is 4.01. The largest absolute Gasteiger partial charge is 0.469 e. The van der Waals surface area contributed by atoms with Crippen molar-refractivity contribution in [1.82, 2.24) is 15.5 Å². The van der Waals surface area contributed by atoms with E-state index in [4.69, 9.17) is 10.2 Å². The van der Waals surface area contributed by atoms with E-state index in [1.54, 1.807) is 11.2 Å².